The Morgan fingerprint density at radius 1 is 1.35 bits per heavy atom. The summed E-state index contributed by atoms with van der Waals surface area (Å²) >= 11 is 5.86. The average Bonchev–Trinajstić information content (AvgIpc) is 2.28. The first-order valence-electron chi connectivity index (χ1n) is 6.11. The number of hydrogen-bond donors (Lipinski definition) is 1. The van der Waals surface area contributed by atoms with Crippen LogP contribution in [0, 0.1) is 0 Å². The molecule has 0 radical (unpaired) electrons. The molecule has 0 aliphatic carbocycles. The van der Waals surface area contributed by atoms with Crippen LogP contribution in [-0.4, -0.2) is 29.7 Å². The van der Waals surface area contributed by atoms with Crippen molar-refractivity contribution in [2.24, 2.45) is 0 Å². The fraction of sp³-hybridized carbons (Fsp3) is 0.667. The van der Waals surface area contributed by atoms with Crippen molar-refractivity contribution >= 4 is 17.4 Å². The van der Waals surface area contributed by atoms with Gasteiger partial charge in [0.1, 0.15) is 5.82 Å². The van der Waals surface area contributed by atoms with Gasteiger partial charge in [0.2, 0.25) is 5.28 Å². The summed E-state index contributed by atoms with van der Waals surface area (Å²) < 4.78 is 5.26. The van der Waals surface area contributed by atoms with E-state index in [1.165, 1.54) is 0 Å². The molecule has 0 fully saturated rings. The lowest BCUT2D eigenvalue weighted by atomic mass is 10.2. The van der Waals surface area contributed by atoms with Crippen LogP contribution in [0.25, 0.3) is 0 Å². The molecule has 0 bridgehead atoms. The lowest BCUT2D eigenvalue weighted by Crippen LogP contribution is -2.08. The quantitative estimate of drug-likeness (QED) is 0.575. The van der Waals surface area contributed by atoms with Crippen LogP contribution in [0.3, 0.4) is 0 Å². The highest BCUT2D eigenvalue weighted by Gasteiger charge is 2.01. The van der Waals surface area contributed by atoms with Gasteiger partial charge in [-0.1, -0.05) is 13.3 Å². The van der Waals surface area contributed by atoms with Crippen molar-refractivity contribution in [3.8, 4) is 0 Å². The maximum atomic E-state index is 5.86. The molecule has 17 heavy (non-hydrogen) atoms. The Balaban J connectivity index is 2.41. The number of ether oxygens (including phenoxy) is 1. The number of anilines is 1. The van der Waals surface area contributed by atoms with Gasteiger partial charge in [-0.3, -0.25) is 0 Å². The molecule has 0 atom stereocenters. The third-order valence-electron chi connectivity index (χ3n) is 2.23. The van der Waals surface area contributed by atoms with Gasteiger partial charge in [0, 0.05) is 31.5 Å². The van der Waals surface area contributed by atoms with Crippen LogP contribution < -0.4 is 5.32 Å². The molecule has 0 saturated carbocycles. The van der Waals surface area contributed by atoms with Crippen molar-refractivity contribution in [2.75, 3.05) is 25.1 Å². The minimum atomic E-state index is 0.309. The number of halogens is 1. The Hall–Kier alpha value is -0.870. The summed E-state index contributed by atoms with van der Waals surface area (Å²) in [6.07, 6.45) is 2.94. The van der Waals surface area contributed by atoms with Crippen LogP contribution in [0.4, 0.5) is 5.82 Å². The van der Waals surface area contributed by atoms with E-state index in [2.05, 4.69) is 22.2 Å². The normalized spacial score (nSPS) is 10.5. The fourth-order valence-corrected chi connectivity index (χ4v) is 1.67. The molecule has 0 aliphatic rings. The number of aryl methyl sites for hydroxylation is 1. The van der Waals surface area contributed by atoms with E-state index in [0.717, 1.165) is 50.5 Å². The molecule has 0 unspecified atom stereocenters. The van der Waals surface area contributed by atoms with Gasteiger partial charge in [-0.15, -0.1) is 0 Å². The summed E-state index contributed by atoms with van der Waals surface area (Å²) in [5.41, 5.74) is 0.986. The Morgan fingerprint density at radius 3 is 2.88 bits per heavy atom. The van der Waals surface area contributed by atoms with Crippen LogP contribution in [0.1, 0.15) is 32.4 Å². The minimum absolute atomic E-state index is 0.309. The summed E-state index contributed by atoms with van der Waals surface area (Å²) in [6, 6.07) is 1.95. The van der Waals surface area contributed by atoms with Gasteiger partial charge in [-0.25, -0.2) is 9.97 Å². The molecular formula is C12H20ClN3O. The molecule has 1 rings (SSSR count). The Morgan fingerprint density at radius 2 is 2.18 bits per heavy atom. The zero-order valence-electron chi connectivity index (χ0n) is 10.5. The molecule has 4 nitrogen and oxygen atoms in total. The highest BCUT2D eigenvalue weighted by Crippen LogP contribution is 2.11. The van der Waals surface area contributed by atoms with E-state index in [1.54, 1.807) is 0 Å². The third-order valence-corrected chi connectivity index (χ3v) is 2.40. The van der Waals surface area contributed by atoms with Gasteiger partial charge in [0.25, 0.3) is 0 Å². The van der Waals surface area contributed by atoms with Gasteiger partial charge in [0.05, 0.1) is 0 Å². The third kappa shape index (κ3) is 5.84. The number of nitrogens with zero attached hydrogens (tertiary/aromatic N) is 2. The summed E-state index contributed by atoms with van der Waals surface area (Å²) in [6.45, 7) is 6.48. The first-order valence-corrected chi connectivity index (χ1v) is 6.49. The summed E-state index contributed by atoms with van der Waals surface area (Å²) in [5.74, 6) is 0.796. The van der Waals surface area contributed by atoms with Gasteiger partial charge >= 0.3 is 0 Å². The molecule has 0 aliphatic heterocycles. The van der Waals surface area contributed by atoms with Crippen LogP contribution in [-0.2, 0) is 11.2 Å². The Kier molecular flexibility index (Phi) is 6.89. The molecule has 0 spiro atoms. The van der Waals surface area contributed by atoms with Crippen LogP contribution in [0.15, 0.2) is 6.07 Å². The number of hydrogen-bond acceptors (Lipinski definition) is 4. The highest BCUT2D eigenvalue weighted by molar-refractivity contribution is 6.28. The van der Waals surface area contributed by atoms with Gasteiger partial charge in [-0.05, 0) is 31.4 Å². The average molecular weight is 258 g/mol. The maximum Gasteiger partial charge on any atom is 0.224 e. The zero-order chi connectivity index (χ0) is 12.5. The van der Waals surface area contributed by atoms with Crippen molar-refractivity contribution in [1.29, 1.82) is 0 Å². The maximum absolute atomic E-state index is 5.86. The molecule has 0 saturated heterocycles. The largest absolute Gasteiger partial charge is 0.382 e. The first kappa shape index (κ1) is 14.2. The summed E-state index contributed by atoms with van der Waals surface area (Å²) in [5, 5.41) is 3.54. The van der Waals surface area contributed by atoms with Gasteiger partial charge in [-0.2, -0.15) is 0 Å². The van der Waals surface area contributed by atoms with E-state index in [-0.39, 0.29) is 0 Å². The molecule has 1 aromatic heterocycles. The van der Waals surface area contributed by atoms with Gasteiger partial charge < -0.3 is 10.1 Å². The molecule has 0 aromatic carbocycles. The smallest absolute Gasteiger partial charge is 0.224 e. The number of rotatable bonds is 8. The minimum Gasteiger partial charge on any atom is -0.382 e. The number of aromatic nitrogens is 2. The van der Waals surface area contributed by atoms with Crippen LogP contribution >= 0.6 is 11.6 Å². The second kappa shape index (κ2) is 8.25. The Labute approximate surface area is 108 Å². The molecule has 5 heteroatoms. The van der Waals surface area contributed by atoms with E-state index in [1.807, 2.05) is 13.0 Å². The summed E-state index contributed by atoms with van der Waals surface area (Å²) in [4.78, 5) is 8.31. The molecule has 1 N–H and O–H groups in total. The van der Waals surface area contributed by atoms with Crippen molar-refractivity contribution in [3.63, 3.8) is 0 Å². The first-order chi connectivity index (χ1) is 8.26. The van der Waals surface area contributed by atoms with E-state index in [0.29, 0.717) is 5.28 Å². The lowest BCUT2D eigenvalue weighted by molar-refractivity contribution is 0.147. The van der Waals surface area contributed by atoms with Crippen molar-refractivity contribution in [2.45, 2.75) is 33.1 Å². The van der Waals surface area contributed by atoms with Crippen LogP contribution in [0.2, 0.25) is 5.28 Å². The Bertz CT molecular complexity index is 334. The van der Waals surface area contributed by atoms with Crippen LogP contribution in [0.5, 0.6) is 0 Å². The monoisotopic (exact) mass is 257 g/mol. The van der Waals surface area contributed by atoms with Crippen molar-refractivity contribution in [1.82, 2.24) is 9.97 Å². The number of nitrogens with one attached hydrogen (secondary N) is 1. The topological polar surface area (TPSA) is 47.0 Å². The fourth-order valence-electron chi connectivity index (χ4n) is 1.48. The van der Waals surface area contributed by atoms with E-state index in [4.69, 9.17) is 16.3 Å². The summed E-state index contributed by atoms with van der Waals surface area (Å²) in [7, 11) is 0. The second-order valence-electron chi connectivity index (χ2n) is 3.74. The SMILES string of the molecule is CCCc1cc(NCCCOCC)nc(Cl)n1. The van der Waals surface area contributed by atoms with Crippen molar-refractivity contribution in [3.05, 3.63) is 17.0 Å². The molecule has 1 aromatic rings. The second-order valence-corrected chi connectivity index (χ2v) is 4.08. The van der Waals surface area contributed by atoms with E-state index in [9.17, 15) is 0 Å². The predicted molar refractivity (Wildman–Crippen MR) is 70.6 cm³/mol. The predicted octanol–water partition coefficient (Wildman–Crippen LogP) is 2.92. The molecule has 1 heterocycles. The molecule has 0 amide bonds. The highest BCUT2D eigenvalue weighted by atomic mass is 35.5. The zero-order valence-corrected chi connectivity index (χ0v) is 11.3. The molecular weight excluding hydrogens is 238 g/mol. The van der Waals surface area contributed by atoms with E-state index >= 15 is 0 Å². The van der Waals surface area contributed by atoms with E-state index < -0.39 is 0 Å². The van der Waals surface area contributed by atoms with Gasteiger partial charge in [0.15, 0.2) is 0 Å². The standard InChI is InChI=1S/C12H20ClN3O/c1-3-6-10-9-11(16-12(13)15-10)14-7-5-8-17-4-2/h9H,3-8H2,1-2H3,(H,14,15,16). The van der Waals surface area contributed by atoms with Crippen molar-refractivity contribution < 1.29 is 4.74 Å². The lowest BCUT2D eigenvalue weighted by Gasteiger charge is -2.07. The molecule has 96 valence electrons.